The van der Waals surface area contributed by atoms with Gasteiger partial charge in [-0.25, -0.2) is 9.59 Å². The van der Waals surface area contributed by atoms with Crippen molar-refractivity contribution in [2.75, 3.05) is 18.5 Å². The fourth-order valence-electron chi connectivity index (χ4n) is 4.16. The quantitative estimate of drug-likeness (QED) is 0.327. The molecule has 3 rings (SSSR count). The molecule has 2 fully saturated rings. The summed E-state index contributed by atoms with van der Waals surface area (Å²) < 4.78 is 14.4. The Labute approximate surface area is 202 Å². The molecule has 2 saturated heterocycles. The standard InChI is InChI=1S/C21H27N3O7S.ClH/c1-5-29-19(28)31-12(2)30-18(27)21(20(3,4)32-17-10-16(26)24(17)21)13-8-6-7-9-14(13)23-15(25)11-22;/h6-9,12,17H,5,10-11,22H2,1-4H3,(H,23,25);1H/t12?,17-,21-;/m1./s1. The molecule has 1 aromatic carbocycles. The van der Waals surface area contributed by atoms with Crippen LogP contribution in [0.4, 0.5) is 10.5 Å². The zero-order chi connectivity index (χ0) is 23.7. The van der Waals surface area contributed by atoms with Crippen LogP contribution >= 0.6 is 24.2 Å². The molecule has 12 heteroatoms. The van der Waals surface area contributed by atoms with Crippen LogP contribution < -0.4 is 11.1 Å². The van der Waals surface area contributed by atoms with Crippen LogP contribution in [-0.2, 0) is 34.1 Å². The van der Waals surface area contributed by atoms with Crippen molar-refractivity contribution < 1.29 is 33.4 Å². The Balaban J connectivity index is 0.00000385. The summed E-state index contributed by atoms with van der Waals surface area (Å²) in [6.07, 6.45) is -1.95. The second-order valence-corrected chi connectivity index (χ2v) is 9.63. The zero-order valence-electron chi connectivity index (χ0n) is 18.8. The summed E-state index contributed by atoms with van der Waals surface area (Å²) in [7, 11) is 0. The predicted octanol–water partition coefficient (Wildman–Crippen LogP) is 2.35. The van der Waals surface area contributed by atoms with Gasteiger partial charge in [-0.1, -0.05) is 18.2 Å². The molecule has 2 heterocycles. The number of anilines is 1. The molecule has 33 heavy (non-hydrogen) atoms. The second-order valence-electron chi connectivity index (χ2n) is 7.83. The highest BCUT2D eigenvalue weighted by atomic mass is 35.5. The highest BCUT2D eigenvalue weighted by Crippen LogP contribution is 2.62. The van der Waals surface area contributed by atoms with Crippen LogP contribution in [0.2, 0.25) is 0 Å². The van der Waals surface area contributed by atoms with E-state index in [1.807, 2.05) is 13.8 Å². The molecule has 1 aromatic rings. The fraction of sp³-hybridized carbons (Fsp3) is 0.524. The largest absolute Gasteiger partial charge is 0.511 e. The predicted molar refractivity (Wildman–Crippen MR) is 124 cm³/mol. The van der Waals surface area contributed by atoms with E-state index in [-0.39, 0.29) is 43.3 Å². The van der Waals surface area contributed by atoms with Gasteiger partial charge in [0.15, 0.2) is 5.54 Å². The van der Waals surface area contributed by atoms with Crippen molar-refractivity contribution in [2.45, 2.75) is 56.1 Å². The molecule has 0 aromatic heterocycles. The number of fused-ring (bicyclic) bond motifs is 1. The van der Waals surface area contributed by atoms with Crippen molar-refractivity contribution in [1.29, 1.82) is 0 Å². The number of β-lactam (4-membered cyclic amide) rings is 1. The van der Waals surface area contributed by atoms with E-state index in [0.29, 0.717) is 11.3 Å². The number of amides is 2. The van der Waals surface area contributed by atoms with Crippen molar-refractivity contribution in [3.63, 3.8) is 0 Å². The number of nitrogens with zero attached hydrogens (tertiary/aromatic N) is 1. The number of halogens is 1. The number of esters is 1. The van der Waals surface area contributed by atoms with Crippen LogP contribution in [0.1, 0.15) is 39.7 Å². The maximum absolute atomic E-state index is 13.8. The summed E-state index contributed by atoms with van der Waals surface area (Å²) in [5.74, 6) is -1.45. The van der Waals surface area contributed by atoms with Gasteiger partial charge in [0.2, 0.25) is 18.1 Å². The molecule has 0 aliphatic carbocycles. The lowest BCUT2D eigenvalue weighted by Crippen LogP contribution is -2.65. The fourth-order valence-corrected chi connectivity index (χ4v) is 5.91. The van der Waals surface area contributed by atoms with Crippen LogP contribution in [0.25, 0.3) is 0 Å². The zero-order valence-corrected chi connectivity index (χ0v) is 20.4. The van der Waals surface area contributed by atoms with Crippen LogP contribution in [0, 0.1) is 0 Å². The summed E-state index contributed by atoms with van der Waals surface area (Å²) >= 11 is 1.47. The van der Waals surface area contributed by atoms with Gasteiger partial charge >= 0.3 is 12.1 Å². The molecule has 1 unspecified atom stereocenters. The molecule has 3 N–H and O–H groups in total. The number of carbonyl (C=O) groups is 4. The van der Waals surface area contributed by atoms with Gasteiger partial charge in [-0.15, -0.1) is 24.2 Å². The van der Waals surface area contributed by atoms with Crippen LogP contribution in [0.5, 0.6) is 0 Å². The van der Waals surface area contributed by atoms with Crippen LogP contribution in [0.3, 0.4) is 0 Å². The van der Waals surface area contributed by atoms with E-state index in [1.165, 1.54) is 23.6 Å². The summed E-state index contributed by atoms with van der Waals surface area (Å²) in [5.41, 5.74) is 4.61. The monoisotopic (exact) mass is 501 g/mol. The van der Waals surface area contributed by atoms with Gasteiger partial charge < -0.3 is 30.2 Å². The molecule has 182 valence electrons. The topological polar surface area (TPSA) is 137 Å². The number of nitrogens with two attached hydrogens (primary N) is 1. The van der Waals surface area contributed by atoms with Gasteiger partial charge in [-0.05, 0) is 26.8 Å². The van der Waals surface area contributed by atoms with E-state index in [4.69, 9.17) is 19.9 Å². The normalized spacial score (nSPS) is 23.4. The third-order valence-electron chi connectivity index (χ3n) is 5.44. The van der Waals surface area contributed by atoms with E-state index < -0.39 is 34.6 Å². The number of hydrogen-bond donors (Lipinski definition) is 2. The van der Waals surface area contributed by atoms with E-state index in [2.05, 4.69) is 5.32 Å². The van der Waals surface area contributed by atoms with Crippen LogP contribution in [0.15, 0.2) is 24.3 Å². The van der Waals surface area contributed by atoms with E-state index in [9.17, 15) is 19.2 Å². The number of ether oxygens (including phenoxy) is 3. The van der Waals surface area contributed by atoms with Crippen molar-refractivity contribution in [3.05, 3.63) is 29.8 Å². The number of nitrogens with one attached hydrogen (secondary N) is 1. The number of rotatable bonds is 7. The average molecular weight is 502 g/mol. The number of carbonyl (C=O) groups excluding carboxylic acids is 4. The van der Waals surface area contributed by atoms with E-state index in [0.717, 1.165) is 0 Å². The number of thioether (sulfide) groups is 1. The van der Waals surface area contributed by atoms with Gasteiger partial charge in [-0.3, -0.25) is 9.59 Å². The minimum atomic E-state index is -1.58. The SMILES string of the molecule is CCOC(=O)OC(C)OC(=O)[C@@]1(c2ccccc2NC(=O)CN)N2C(=O)C[C@H]2SC1(C)C.Cl. The number of benzene rings is 1. The third-order valence-corrected chi connectivity index (χ3v) is 6.97. The Morgan fingerprint density at radius 3 is 2.55 bits per heavy atom. The number of para-hydroxylation sites is 1. The highest BCUT2D eigenvalue weighted by molar-refractivity contribution is 8.01. The molecule has 0 spiro atoms. The minimum Gasteiger partial charge on any atom is -0.435 e. The maximum atomic E-state index is 13.8. The first-order valence-electron chi connectivity index (χ1n) is 10.2. The third kappa shape index (κ3) is 4.62. The molecule has 2 aliphatic rings. The Bertz CT molecular complexity index is 944. The Hall–Kier alpha value is -2.50. The molecule has 10 nitrogen and oxygen atoms in total. The smallest absolute Gasteiger partial charge is 0.435 e. The van der Waals surface area contributed by atoms with E-state index >= 15 is 0 Å². The first-order chi connectivity index (χ1) is 15.1. The Kier molecular flexibility index (Phi) is 8.26. The van der Waals surface area contributed by atoms with Crippen LogP contribution in [-0.4, -0.2) is 58.4 Å². The van der Waals surface area contributed by atoms with Crippen molar-refractivity contribution in [3.8, 4) is 0 Å². The second kappa shape index (κ2) is 10.2. The first-order valence-corrected chi connectivity index (χ1v) is 11.1. The summed E-state index contributed by atoms with van der Waals surface area (Å²) in [5, 5.41) is 2.47. The lowest BCUT2D eigenvalue weighted by Gasteiger charge is -2.48. The lowest BCUT2D eigenvalue weighted by atomic mass is 9.75. The summed E-state index contributed by atoms with van der Waals surface area (Å²) in [6, 6.07) is 6.71. The maximum Gasteiger partial charge on any atom is 0.511 e. The molecule has 0 bridgehead atoms. The van der Waals surface area contributed by atoms with Crippen molar-refractivity contribution in [1.82, 2.24) is 4.90 Å². The number of hydrogen-bond acceptors (Lipinski definition) is 9. The Morgan fingerprint density at radius 1 is 1.27 bits per heavy atom. The summed E-state index contributed by atoms with van der Waals surface area (Å²) in [6.45, 7) is 6.53. The molecule has 0 radical (unpaired) electrons. The first kappa shape index (κ1) is 26.7. The summed E-state index contributed by atoms with van der Waals surface area (Å²) in [4.78, 5) is 51.7. The van der Waals surface area contributed by atoms with E-state index in [1.54, 1.807) is 31.2 Å². The molecule has 3 atom stereocenters. The van der Waals surface area contributed by atoms with Gasteiger partial charge in [-0.2, -0.15) is 0 Å². The van der Waals surface area contributed by atoms with Gasteiger partial charge in [0.05, 0.1) is 29.7 Å². The lowest BCUT2D eigenvalue weighted by molar-refractivity contribution is -0.191. The Morgan fingerprint density at radius 2 is 1.94 bits per heavy atom. The highest BCUT2D eigenvalue weighted by Gasteiger charge is 2.71. The minimum absolute atomic E-state index is 0. The molecule has 0 saturated carbocycles. The average Bonchev–Trinajstić information content (AvgIpc) is 2.90. The van der Waals surface area contributed by atoms with Gasteiger partial charge in [0.1, 0.15) is 0 Å². The van der Waals surface area contributed by atoms with Gasteiger partial charge in [0.25, 0.3) is 0 Å². The molecule has 2 aliphatic heterocycles. The molecular formula is C21H28ClN3O7S. The van der Waals surface area contributed by atoms with Gasteiger partial charge in [0, 0.05) is 18.2 Å². The van der Waals surface area contributed by atoms with Crippen molar-refractivity contribution in [2.24, 2.45) is 5.73 Å². The molecular weight excluding hydrogens is 474 g/mol. The van der Waals surface area contributed by atoms with Crippen molar-refractivity contribution >= 4 is 53.8 Å². The molecule has 2 amide bonds.